The van der Waals surface area contributed by atoms with E-state index in [1.165, 1.54) is 12.8 Å². The van der Waals surface area contributed by atoms with Gasteiger partial charge in [0.25, 0.3) is 0 Å². The number of nitrogens with two attached hydrogens (primary N) is 1. The summed E-state index contributed by atoms with van der Waals surface area (Å²) in [5.41, 5.74) is 5.65. The van der Waals surface area contributed by atoms with Crippen molar-refractivity contribution in [3.63, 3.8) is 0 Å². The summed E-state index contributed by atoms with van der Waals surface area (Å²) in [6.07, 6.45) is 3.48. The molecule has 0 aliphatic carbocycles. The second-order valence-corrected chi connectivity index (χ2v) is 4.83. The van der Waals surface area contributed by atoms with Gasteiger partial charge in [0.05, 0.1) is 0 Å². The molecule has 3 heteroatoms. The standard InChI is InChI=1S/C12H26N2O/c1-9(2)7-5-6-8-14-12(15)10(3)11(4)13/h9-11H,5-8,13H2,1-4H3,(H,14,15). The van der Waals surface area contributed by atoms with Crippen molar-refractivity contribution in [1.29, 1.82) is 0 Å². The molecule has 3 N–H and O–H groups in total. The van der Waals surface area contributed by atoms with Crippen LogP contribution in [0.1, 0.15) is 47.0 Å². The highest BCUT2D eigenvalue weighted by molar-refractivity contribution is 5.78. The normalized spacial score (nSPS) is 15.1. The molecule has 0 aromatic carbocycles. The maximum absolute atomic E-state index is 11.5. The van der Waals surface area contributed by atoms with Crippen LogP contribution in [0.4, 0.5) is 0 Å². The van der Waals surface area contributed by atoms with Gasteiger partial charge in [0.1, 0.15) is 0 Å². The van der Waals surface area contributed by atoms with Crippen LogP contribution in [0.25, 0.3) is 0 Å². The number of hydrogen-bond donors (Lipinski definition) is 2. The Hall–Kier alpha value is -0.570. The van der Waals surface area contributed by atoms with Gasteiger partial charge in [-0.15, -0.1) is 0 Å². The lowest BCUT2D eigenvalue weighted by Crippen LogP contribution is -2.38. The van der Waals surface area contributed by atoms with E-state index in [2.05, 4.69) is 19.2 Å². The smallest absolute Gasteiger partial charge is 0.224 e. The Morgan fingerprint density at radius 2 is 1.80 bits per heavy atom. The van der Waals surface area contributed by atoms with Crippen molar-refractivity contribution in [1.82, 2.24) is 5.32 Å². The van der Waals surface area contributed by atoms with Gasteiger partial charge in [-0.25, -0.2) is 0 Å². The summed E-state index contributed by atoms with van der Waals surface area (Å²) < 4.78 is 0. The Morgan fingerprint density at radius 3 is 2.27 bits per heavy atom. The molecule has 0 aliphatic rings. The summed E-state index contributed by atoms with van der Waals surface area (Å²) in [6.45, 7) is 8.95. The van der Waals surface area contributed by atoms with Crippen LogP contribution >= 0.6 is 0 Å². The van der Waals surface area contributed by atoms with E-state index in [4.69, 9.17) is 5.73 Å². The lowest BCUT2D eigenvalue weighted by atomic mass is 10.0. The van der Waals surface area contributed by atoms with E-state index in [1.54, 1.807) is 0 Å². The minimum Gasteiger partial charge on any atom is -0.356 e. The van der Waals surface area contributed by atoms with Crippen molar-refractivity contribution in [2.24, 2.45) is 17.6 Å². The summed E-state index contributed by atoms with van der Waals surface area (Å²) in [7, 11) is 0. The van der Waals surface area contributed by atoms with Crippen LogP contribution in [0.3, 0.4) is 0 Å². The van der Waals surface area contributed by atoms with Crippen molar-refractivity contribution >= 4 is 5.91 Å². The maximum Gasteiger partial charge on any atom is 0.224 e. The van der Waals surface area contributed by atoms with Gasteiger partial charge in [0, 0.05) is 18.5 Å². The number of nitrogens with one attached hydrogen (secondary N) is 1. The molecule has 0 saturated heterocycles. The van der Waals surface area contributed by atoms with Crippen LogP contribution in [0.5, 0.6) is 0 Å². The van der Waals surface area contributed by atoms with Gasteiger partial charge in [-0.1, -0.05) is 33.6 Å². The maximum atomic E-state index is 11.5. The first-order valence-electron chi connectivity index (χ1n) is 5.98. The summed E-state index contributed by atoms with van der Waals surface area (Å²) >= 11 is 0. The minimum atomic E-state index is -0.0879. The summed E-state index contributed by atoms with van der Waals surface area (Å²) in [5.74, 6) is 0.744. The van der Waals surface area contributed by atoms with Gasteiger partial charge >= 0.3 is 0 Å². The second kappa shape index (κ2) is 7.69. The van der Waals surface area contributed by atoms with Crippen LogP contribution in [0.2, 0.25) is 0 Å². The fourth-order valence-electron chi connectivity index (χ4n) is 1.29. The zero-order valence-electron chi connectivity index (χ0n) is 10.5. The zero-order chi connectivity index (χ0) is 11.8. The minimum absolute atomic E-state index is 0.0688. The van der Waals surface area contributed by atoms with E-state index in [1.807, 2.05) is 13.8 Å². The molecule has 90 valence electrons. The molecule has 0 rings (SSSR count). The molecule has 0 saturated carbocycles. The van der Waals surface area contributed by atoms with Crippen LogP contribution in [0.15, 0.2) is 0 Å². The van der Waals surface area contributed by atoms with E-state index in [9.17, 15) is 4.79 Å². The molecule has 0 heterocycles. The van der Waals surface area contributed by atoms with Crippen LogP contribution in [0, 0.1) is 11.8 Å². The van der Waals surface area contributed by atoms with Crippen LogP contribution in [-0.4, -0.2) is 18.5 Å². The monoisotopic (exact) mass is 214 g/mol. The first-order valence-corrected chi connectivity index (χ1v) is 5.98. The highest BCUT2D eigenvalue weighted by atomic mass is 16.1. The van der Waals surface area contributed by atoms with E-state index in [-0.39, 0.29) is 17.9 Å². The molecule has 1 amide bonds. The van der Waals surface area contributed by atoms with Gasteiger partial charge in [-0.05, 0) is 19.3 Å². The van der Waals surface area contributed by atoms with Gasteiger partial charge in [-0.3, -0.25) is 4.79 Å². The first-order chi connectivity index (χ1) is 6.95. The molecule has 2 unspecified atom stereocenters. The van der Waals surface area contributed by atoms with Crippen molar-refractivity contribution in [3.05, 3.63) is 0 Å². The van der Waals surface area contributed by atoms with Gasteiger partial charge < -0.3 is 11.1 Å². The van der Waals surface area contributed by atoms with Crippen LogP contribution < -0.4 is 11.1 Å². The van der Waals surface area contributed by atoms with Crippen molar-refractivity contribution in [2.45, 2.75) is 53.0 Å². The summed E-state index contributed by atoms with van der Waals surface area (Å²) in [5, 5.41) is 2.92. The molecular formula is C12H26N2O. The number of hydrogen-bond acceptors (Lipinski definition) is 2. The fraction of sp³-hybridized carbons (Fsp3) is 0.917. The Labute approximate surface area is 93.8 Å². The zero-order valence-corrected chi connectivity index (χ0v) is 10.5. The van der Waals surface area contributed by atoms with E-state index in [0.29, 0.717) is 0 Å². The number of carbonyl (C=O) groups excluding carboxylic acids is 1. The highest BCUT2D eigenvalue weighted by Crippen LogP contribution is 2.05. The topological polar surface area (TPSA) is 55.1 Å². The highest BCUT2D eigenvalue weighted by Gasteiger charge is 2.15. The lowest BCUT2D eigenvalue weighted by Gasteiger charge is -2.15. The lowest BCUT2D eigenvalue weighted by molar-refractivity contribution is -0.124. The molecule has 2 atom stereocenters. The quantitative estimate of drug-likeness (QED) is 0.636. The van der Waals surface area contributed by atoms with Crippen molar-refractivity contribution in [2.75, 3.05) is 6.54 Å². The Balaban J connectivity index is 3.47. The fourth-order valence-corrected chi connectivity index (χ4v) is 1.29. The van der Waals surface area contributed by atoms with Crippen LogP contribution in [-0.2, 0) is 4.79 Å². The van der Waals surface area contributed by atoms with Crippen molar-refractivity contribution < 1.29 is 4.79 Å². The van der Waals surface area contributed by atoms with E-state index >= 15 is 0 Å². The van der Waals surface area contributed by atoms with Gasteiger partial charge in [-0.2, -0.15) is 0 Å². The van der Waals surface area contributed by atoms with Crippen molar-refractivity contribution in [3.8, 4) is 0 Å². The Kier molecular flexibility index (Phi) is 7.39. The number of carbonyl (C=O) groups is 1. The molecular weight excluding hydrogens is 188 g/mol. The molecule has 0 bridgehead atoms. The van der Waals surface area contributed by atoms with E-state index < -0.39 is 0 Å². The molecule has 0 fully saturated rings. The molecule has 3 nitrogen and oxygen atoms in total. The second-order valence-electron chi connectivity index (χ2n) is 4.83. The first kappa shape index (κ1) is 14.4. The summed E-state index contributed by atoms with van der Waals surface area (Å²) in [6, 6.07) is -0.0688. The molecule has 0 radical (unpaired) electrons. The largest absolute Gasteiger partial charge is 0.356 e. The number of amides is 1. The molecule has 15 heavy (non-hydrogen) atoms. The third-order valence-electron chi connectivity index (χ3n) is 2.71. The molecule has 0 aliphatic heterocycles. The molecule has 0 aromatic rings. The predicted molar refractivity (Wildman–Crippen MR) is 64.5 cm³/mol. The molecule has 0 aromatic heterocycles. The number of rotatable bonds is 7. The summed E-state index contributed by atoms with van der Waals surface area (Å²) in [4.78, 5) is 11.5. The molecule has 0 spiro atoms. The SMILES string of the molecule is CC(C)CCCCNC(=O)C(C)C(C)N. The van der Waals surface area contributed by atoms with Gasteiger partial charge in [0.15, 0.2) is 0 Å². The van der Waals surface area contributed by atoms with E-state index in [0.717, 1.165) is 18.9 Å². The third-order valence-corrected chi connectivity index (χ3v) is 2.71. The number of unbranched alkanes of at least 4 members (excludes halogenated alkanes) is 1. The third kappa shape index (κ3) is 7.37. The Morgan fingerprint density at radius 1 is 1.20 bits per heavy atom. The average Bonchev–Trinajstić information content (AvgIpc) is 2.15. The average molecular weight is 214 g/mol. The predicted octanol–water partition coefficient (Wildman–Crippen LogP) is 1.91. The Bertz CT molecular complexity index is 178. The van der Waals surface area contributed by atoms with Gasteiger partial charge in [0.2, 0.25) is 5.91 Å².